The van der Waals surface area contributed by atoms with E-state index in [1.807, 2.05) is 55.3 Å². The van der Waals surface area contributed by atoms with Gasteiger partial charge in [0.25, 0.3) is 5.91 Å². The minimum absolute atomic E-state index is 0.0772. The minimum atomic E-state index is -0.420. The van der Waals surface area contributed by atoms with Crippen molar-refractivity contribution in [3.63, 3.8) is 0 Å². The molecule has 0 aliphatic heterocycles. The van der Waals surface area contributed by atoms with Crippen LogP contribution in [-0.4, -0.2) is 13.0 Å². The normalized spacial score (nSPS) is 12.0. The molecule has 0 aliphatic rings. The Kier molecular flexibility index (Phi) is 4.17. The Balaban J connectivity index is 2.41. The van der Waals surface area contributed by atoms with Crippen molar-refractivity contribution in [1.29, 1.82) is 0 Å². The molecule has 0 saturated carbocycles. The van der Waals surface area contributed by atoms with Gasteiger partial charge in [0.2, 0.25) is 0 Å². The fraction of sp³-hybridized carbons (Fsp3) is 0.235. The average Bonchev–Trinajstić information content (AvgIpc) is 2.45. The van der Waals surface area contributed by atoms with Gasteiger partial charge in [0.1, 0.15) is 0 Å². The zero-order valence-corrected chi connectivity index (χ0v) is 12.6. The Morgan fingerprint density at radius 3 is 2.52 bits per heavy atom. The van der Waals surface area contributed by atoms with Crippen molar-refractivity contribution in [2.75, 3.05) is 17.7 Å². The lowest BCUT2D eigenvalue weighted by Gasteiger charge is -2.29. The predicted molar refractivity (Wildman–Crippen MR) is 87.4 cm³/mol. The Morgan fingerprint density at radius 1 is 1.19 bits per heavy atom. The largest absolute Gasteiger partial charge is 0.399 e. The first-order valence-electron chi connectivity index (χ1n) is 6.89. The van der Waals surface area contributed by atoms with E-state index in [0.717, 1.165) is 22.5 Å². The standard InChI is InChI=1S/C17H21N3O/c1-11-7-8-15(17(19)21)16(9-11)20(3)12(2)13-5-4-6-14(18)10-13/h4-10,12H,18H2,1-3H3,(H2,19,21). The Morgan fingerprint density at radius 2 is 1.90 bits per heavy atom. The summed E-state index contributed by atoms with van der Waals surface area (Å²) < 4.78 is 0. The molecule has 2 aromatic carbocycles. The smallest absolute Gasteiger partial charge is 0.250 e. The maximum atomic E-state index is 11.6. The van der Waals surface area contributed by atoms with E-state index in [1.54, 1.807) is 6.07 Å². The van der Waals surface area contributed by atoms with Crippen molar-refractivity contribution < 1.29 is 4.79 Å². The fourth-order valence-electron chi connectivity index (χ4n) is 2.39. The second-order valence-electron chi connectivity index (χ2n) is 5.34. The van der Waals surface area contributed by atoms with Crippen LogP contribution < -0.4 is 16.4 Å². The molecule has 0 radical (unpaired) electrons. The molecule has 0 aliphatic carbocycles. The fourth-order valence-corrected chi connectivity index (χ4v) is 2.39. The van der Waals surface area contributed by atoms with Crippen LogP contribution in [0.3, 0.4) is 0 Å². The molecule has 0 bridgehead atoms. The number of nitrogen functional groups attached to an aromatic ring is 1. The van der Waals surface area contributed by atoms with Crippen molar-refractivity contribution in [2.45, 2.75) is 19.9 Å². The first kappa shape index (κ1) is 14.9. The molecule has 0 aromatic heterocycles. The maximum absolute atomic E-state index is 11.6. The molecule has 4 N–H and O–H groups in total. The number of amides is 1. The molecule has 4 heteroatoms. The Bertz CT molecular complexity index is 667. The lowest BCUT2D eigenvalue weighted by Crippen LogP contribution is -2.25. The summed E-state index contributed by atoms with van der Waals surface area (Å²) in [7, 11) is 1.95. The van der Waals surface area contributed by atoms with Crippen molar-refractivity contribution in [1.82, 2.24) is 0 Å². The second-order valence-corrected chi connectivity index (χ2v) is 5.34. The highest BCUT2D eigenvalue weighted by Crippen LogP contribution is 2.29. The Labute approximate surface area is 125 Å². The van der Waals surface area contributed by atoms with Gasteiger partial charge in [-0.3, -0.25) is 4.79 Å². The van der Waals surface area contributed by atoms with E-state index in [0.29, 0.717) is 5.56 Å². The number of aryl methyl sites for hydroxylation is 1. The van der Waals surface area contributed by atoms with E-state index in [4.69, 9.17) is 11.5 Å². The van der Waals surface area contributed by atoms with Crippen LogP contribution >= 0.6 is 0 Å². The highest BCUT2D eigenvalue weighted by Gasteiger charge is 2.18. The van der Waals surface area contributed by atoms with Crippen LogP contribution in [0.15, 0.2) is 42.5 Å². The van der Waals surface area contributed by atoms with E-state index in [2.05, 4.69) is 6.92 Å². The molecule has 1 unspecified atom stereocenters. The number of rotatable bonds is 4. The summed E-state index contributed by atoms with van der Waals surface area (Å²) in [6.07, 6.45) is 0. The van der Waals surface area contributed by atoms with Crippen LogP contribution in [0.4, 0.5) is 11.4 Å². The van der Waals surface area contributed by atoms with Crippen LogP contribution in [0.1, 0.15) is 34.5 Å². The third kappa shape index (κ3) is 3.16. The zero-order valence-electron chi connectivity index (χ0n) is 12.6. The minimum Gasteiger partial charge on any atom is -0.399 e. The van der Waals surface area contributed by atoms with Crippen LogP contribution in [0.25, 0.3) is 0 Å². The number of anilines is 2. The molecule has 0 spiro atoms. The summed E-state index contributed by atoms with van der Waals surface area (Å²) in [5.74, 6) is -0.420. The summed E-state index contributed by atoms with van der Waals surface area (Å²) in [5, 5.41) is 0. The summed E-state index contributed by atoms with van der Waals surface area (Å²) in [4.78, 5) is 13.7. The molecule has 4 nitrogen and oxygen atoms in total. The third-order valence-electron chi connectivity index (χ3n) is 3.77. The number of carbonyl (C=O) groups is 1. The number of nitrogens with two attached hydrogens (primary N) is 2. The average molecular weight is 283 g/mol. The van der Waals surface area contributed by atoms with Gasteiger partial charge in [-0.2, -0.15) is 0 Å². The number of nitrogens with zero attached hydrogens (tertiary/aromatic N) is 1. The summed E-state index contributed by atoms with van der Waals surface area (Å²) in [6, 6.07) is 13.5. The van der Waals surface area contributed by atoms with Gasteiger partial charge in [0, 0.05) is 12.7 Å². The first-order chi connectivity index (χ1) is 9.90. The number of benzene rings is 2. The highest BCUT2D eigenvalue weighted by atomic mass is 16.1. The van der Waals surface area contributed by atoms with Crippen LogP contribution in [-0.2, 0) is 0 Å². The summed E-state index contributed by atoms with van der Waals surface area (Å²) in [6.45, 7) is 4.06. The Hall–Kier alpha value is -2.49. The molecule has 2 rings (SSSR count). The zero-order chi connectivity index (χ0) is 15.6. The monoisotopic (exact) mass is 283 g/mol. The number of hydrogen-bond donors (Lipinski definition) is 2. The van der Waals surface area contributed by atoms with Crippen LogP contribution in [0.5, 0.6) is 0 Å². The molecular formula is C17H21N3O. The van der Waals surface area contributed by atoms with Gasteiger partial charge >= 0.3 is 0 Å². The van der Waals surface area contributed by atoms with Crippen LogP contribution in [0, 0.1) is 6.92 Å². The highest BCUT2D eigenvalue weighted by molar-refractivity contribution is 5.98. The molecule has 110 valence electrons. The van der Waals surface area contributed by atoms with Crippen molar-refractivity contribution in [3.05, 3.63) is 59.2 Å². The van der Waals surface area contributed by atoms with E-state index in [-0.39, 0.29) is 6.04 Å². The molecule has 1 amide bonds. The van der Waals surface area contributed by atoms with E-state index < -0.39 is 5.91 Å². The van der Waals surface area contributed by atoms with Gasteiger partial charge in [0.05, 0.1) is 17.3 Å². The van der Waals surface area contributed by atoms with Gasteiger partial charge in [-0.1, -0.05) is 18.2 Å². The molecule has 0 saturated heterocycles. The topological polar surface area (TPSA) is 72.4 Å². The molecule has 0 heterocycles. The SMILES string of the molecule is Cc1ccc(C(N)=O)c(N(C)C(C)c2cccc(N)c2)c1. The van der Waals surface area contributed by atoms with Crippen molar-refractivity contribution in [3.8, 4) is 0 Å². The van der Waals surface area contributed by atoms with Gasteiger partial charge in [-0.05, 0) is 49.2 Å². The summed E-state index contributed by atoms with van der Waals surface area (Å²) >= 11 is 0. The quantitative estimate of drug-likeness (QED) is 0.847. The molecule has 21 heavy (non-hydrogen) atoms. The van der Waals surface area contributed by atoms with Gasteiger partial charge in [-0.15, -0.1) is 0 Å². The lowest BCUT2D eigenvalue weighted by atomic mass is 10.0. The van der Waals surface area contributed by atoms with E-state index in [9.17, 15) is 4.79 Å². The second kappa shape index (κ2) is 5.87. The lowest BCUT2D eigenvalue weighted by molar-refractivity contribution is 0.100. The maximum Gasteiger partial charge on any atom is 0.250 e. The number of primary amides is 1. The van der Waals surface area contributed by atoms with E-state index in [1.165, 1.54) is 0 Å². The van der Waals surface area contributed by atoms with Gasteiger partial charge in [0.15, 0.2) is 0 Å². The molecular weight excluding hydrogens is 262 g/mol. The summed E-state index contributed by atoms with van der Waals surface area (Å²) in [5.41, 5.74) is 15.6. The van der Waals surface area contributed by atoms with Crippen molar-refractivity contribution in [2.24, 2.45) is 5.73 Å². The number of hydrogen-bond acceptors (Lipinski definition) is 3. The molecule has 1 atom stereocenters. The molecule has 2 aromatic rings. The van der Waals surface area contributed by atoms with Crippen molar-refractivity contribution >= 4 is 17.3 Å². The van der Waals surface area contributed by atoms with Gasteiger partial charge in [-0.25, -0.2) is 0 Å². The third-order valence-corrected chi connectivity index (χ3v) is 3.77. The van der Waals surface area contributed by atoms with Gasteiger partial charge < -0.3 is 16.4 Å². The molecule has 0 fully saturated rings. The predicted octanol–water partition coefficient (Wildman–Crippen LogP) is 2.87. The number of carbonyl (C=O) groups excluding carboxylic acids is 1. The van der Waals surface area contributed by atoms with Crippen LogP contribution in [0.2, 0.25) is 0 Å². The first-order valence-corrected chi connectivity index (χ1v) is 6.89. The van der Waals surface area contributed by atoms with E-state index >= 15 is 0 Å².